The molecular formula is C16H23BrO2. The molecule has 1 N–H and O–H groups in total. The molecule has 1 fully saturated rings. The Labute approximate surface area is 124 Å². The third kappa shape index (κ3) is 5.15. The maximum absolute atomic E-state index is 8.80. The Morgan fingerprint density at radius 1 is 1.16 bits per heavy atom. The summed E-state index contributed by atoms with van der Waals surface area (Å²) in [7, 11) is 0. The molecule has 0 heterocycles. The minimum Gasteiger partial charge on any atom is -0.490 e. The van der Waals surface area contributed by atoms with Gasteiger partial charge in [-0.1, -0.05) is 34.8 Å². The lowest BCUT2D eigenvalue weighted by Gasteiger charge is -2.29. The molecule has 2 nitrogen and oxygen atoms in total. The van der Waals surface area contributed by atoms with E-state index in [1.54, 1.807) is 0 Å². The van der Waals surface area contributed by atoms with Crippen molar-refractivity contribution < 1.29 is 9.84 Å². The molecule has 1 aromatic rings. The van der Waals surface area contributed by atoms with Crippen molar-refractivity contribution in [2.45, 2.75) is 51.0 Å². The third-order valence-corrected chi connectivity index (χ3v) is 4.41. The number of aliphatic hydroxyl groups excluding tert-OH is 1. The summed E-state index contributed by atoms with van der Waals surface area (Å²) in [5.41, 5.74) is 0. The van der Waals surface area contributed by atoms with Crippen molar-refractivity contribution in [2.24, 2.45) is 5.92 Å². The average molecular weight is 327 g/mol. The van der Waals surface area contributed by atoms with Crippen LogP contribution in [0.15, 0.2) is 28.7 Å². The number of hydrogen-bond donors (Lipinski definition) is 1. The zero-order chi connectivity index (χ0) is 13.5. The number of aliphatic hydroxyl groups is 1. The number of benzene rings is 1. The Morgan fingerprint density at radius 3 is 2.63 bits per heavy atom. The van der Waals surface area contributed by atoms with Crippen LogP contribution in [0.2, 0.25) is 0 Å². The predicted octanol–water partition coefficient (Wildman–Crippen LogP) is 4.55. The van der Waals surface area contributed by atoms with Crippen LogP contribution in [-0.4, -0.2) is 17.8 Å². The lowest BCUT2D eigenvalue weighted by atomic mass is 9.84. The first kappa shape index (κ1) is 14.9. The first-order valence-corrected chi connectivity index (χ1v) is 8.10. The van der Waals surface area contributed by atoms with E-state index in [4.69, 9.17) is 9.84 Å². The largest absolute Gasteiger partial charge is 0.490 e. The van der Waals surface area contributed by atoms with Crippen molar-refractivity contribution >= 4 is 15.9 Å². The van der Waals surface area contributed by atoms with Crippen LogP contribution < -0.4 is 4.74 Å². The fourth-order valence-electron chi connectivity index (χ4n) is 2.82. The van der Waals surface area contributed by atoms with Crippen molar-refractivity contribution in [1.82, 2.24) is 0 Å². The summed E-state index contributed by atoms with van der Waals surface area (Å²) >= 11 is 3.47. The lowest BCUT2D eigenvalue weighted by Crippen LogP contribution is -2.24. The normalized spacial score (nSPS) is 23.3. The van der Waals surface area contributed by atoms with Crippen LogP contribution in [0.3, 0.4) is 0 Å². The van der Waals surface area contributed by atoms with Gasteiger partial charge in [0.1, 0.15) is 5.75 Å². The molecule has 1 aromatic carbocycles. The zero-order valence-corrected chi connectivity index (χ0v) is 12.9. The summed E-state index contributed by atoms with van der Waals surface area (Å²) in [6, 6.07) is 8.09. The van der Waals surface area contributed by atoms with E-state index in [0.717, 1.165) is 35.4 Å². The third-order valence-electron chi connectivity index (χ3n) is 3.91. The van der Waals surface area contributed by atoms with Gasteiger partial charge in [-0.2, -0.15) is 0 Å². The zero-order valence-electron chi connectivity index (χ0n) is 11.4. The van der Waals surface area contributed by atoms with Crippen LogP contribution in [0.1, 0.15) is 44.9 Å². The molecule has 106 valence electrons. The Kier molecular flexibility index (Phi) is 6.18. The number of ether oxygens (including phenoxy) is 1. The molecule has 2 rings (SSSR count). The fraction of sp³-hybridized carbons (Fsp3) is 0.625. The van der Waals surface area contributed by atoms with E-state index in [9.17, 15) is 0 Å². The van der Waals surface area contributed by atoms with Gasteiger partial charge in [-0.05, 0) is 56.2 Å². The lowest BCUT2D eigenvalue weighted by molar-refractivity contribution is 0.126. The molecule has 1 aliphatic rings. The Morgan fingerprint density at radius 2 is 1.95 bits per heavy atom. The highest BCUT2D eigenvalue weighted by molar-refractivity contribution is 9.10. The molecule has 1 aliphatic carbocycles. The van der Waals surface area contributed by atoms with Gasteiger partial charge in [-0.25, -0.2) is 0 Å². The van der Waals surface area contributed by atoms with E-state index >= 15 is 0 Å². The van der Waals surface area contributed by atoms with E-state index in [1.165, 1.54) is 25.7 Å². The van der Waals surface area contributed by atoms with Gasteiger partial charge in [0.25, 0.3) is 0 Å². The standard InChI is InChI=1S/C16H23BrO2/c17-14-5-3-6-16(12-14)19-15-9-7-13(8-10-15)4-1-2-11-18/h3,5-6,12-13,15,18H,1-2,4,7-11H2. The van der Waals surface area contributed by atoms with E-state index < -0.39 is 0 Å². The molecule has 0 saturated heterocycles. The molecule has 0 radical (unpaired) electrons. The van der Waals surface area contributed by atoms with Crippen molar-refractivity contribution in [1.29, 1.82) is 0 Å². The molecule has 0 atom stereocenters. The molecule has 0 bridgehead atoms. The smallest absolute Gasteiger partial charge is 0.120 e. The van der Waals surface area contributed by atoms with Gasteiger partial charge >= 0.3 is 0 Å². The molecule has 0 aromatic heterocycles. The van der Waals surface area contributed by atoms with E-state index in [0.29, 0.717) is 12.7 Å². The van der Waals surface area contributed by atoms with Gasteiger partial charge < -0.3 is 9.84 Å². The quantitative estimate of drug-likeness (QED) is 0.777. The van der Waals surface area contributed by atoms with Crippen LogP contribution in [0, 0.1) is 5.92 Å². The second-order valence-corrected chi connectivity index (χ2v) is 6.35. The summed E-state index contributed by atoms with van der Waals surface area (Å²) < 4.78 is 7.11. The molecule has 1 saturated carbocycles. The first-order valence-electron chi connectivity index (χ1n) is 7.31. The van der Waals surface area contributed by atoms with Gasteiger partial charge in [0.2, 0.25) is 0 Å². The SMILES string of the molecule is OCCCCC1CCC(Oc2cccc(Br)c2)CC1. The minimum absolute atomic E-state index is 0.335. The van der Waals surface area contributed by atoms with E-state index in [1.807, 2.05) is 24.3 Å². The predicted molar refractivity (Wildman–Crippen MR) is 81.5 cm³/mol. The van der Waals surface area contributed by atoms with E-state index in [-0.39, 0.29) is 0 Å². The van der Waals surface area contributed by atoms with Crippen molar-refractivity contribution in [3.05, 3.63) is 28.7 Å². The van der Waals surface area contributed by atoms with Gasteiger partial charge in [0, 0.05) is 11.1 Å². The highest BCUT2D eigenvalue weighted by atomic mass is 79.9. The van der Waals surface area contributed by atoms with Gasteiger partial charge in [-0.15, -0.1) is 0 Å². The summed E-state index contributed by atoms with van der Waals surface area (Å²) in [4.78, 5) is 0. The molecule has 3 heteroatoms. The number of hydrogen-bond acceptors (Lipinski definition) is 2. The molecule has 0 amide bonds. The van der Waals surface area contributed by atoms with Crippen LogP contribution in [0.25, 0.3) is 0 Å². The number of unbranched alkanes of at least 4 members (excludes halogenated alkanes) is 1. The summed E-state index contributed by atoms with van der Waals surface area (Å²) in [5.74, 6) is 1.81. The summed E-state index contributed by atoms with van der Waals surface area (Å²) in [6.07, 6.45) is 8.63. The van der Waals surface area contributed by atoms with Gasteiger partial charge in [-0.3, -0.25) is 0 Å². The minimum atomic E-state index is 0.335. The highest BCUT2D eigenvalue weighted by Crippen LogP contribution is 2.31. The van der Waals surface area contributed by atoms with Crippen molar-refractivity contribution in [2.75, 3.05) is 6.61 Å². The van der Waals surface area contributed by atoms with Crippen LogP contribution in [0.4, 0.5) is 0 Å². The van der Waals surface area contributed by atoms with Gasteiger partial charge in [0.05, 0.1) is 6.10 Å². The maximum atomic E-state index is 8.80. The fourth-order valence-corrected chi connectivity index (χ4v) is 3.19. The van der Waals surface area contributed by atoms with Crippen molar-refractivity contribution in [3.8, 4) is 5.75 Å². The van der Waals surface area contributed by atoms with Crippen LogP contribution in [0.5, 0.6) is 5.75 Å². The second kappa shape index (κ2) is 7.91. The molecule has 19 heavy (non-hydrogen) atoms. The van der Waals surface area contributed by atoms with Crippen molar-refractivity contribution in [3.63, 3.8) is 0 Å². The molecular weight excluding hydrogens is 304 g/mol. The monoisotopic (exact) mass is 326 g/mol. The second-order valence-electron chi connectivity index (χ2n) is 5.44. The van der Waals surface area contributed by atoms with E-state index in [2.05, 4.69) is 15.9 Å². The van der Waals surface area contributed by atoms with Crippen LogP contribution in [-0.2, 0) is 0 Å². The average Bonchev–Trinajstić information content (AvgIpc) is 2.41. The molecule has 0 spiro atoms. The Bertz CT molecular complexity index is 373. The first-order chi connectivity index (χ1) is 9.28. The molecule has 0 unspecified atom stereocenters. The topological polar surface area (TPSA) is 29.5 Å². The maximum Gasteiger partial charge on any atom is 0.120 e. The van der Waals surface area contributed by atoms with Crippen LogP contribution >= 0.6 is 15.9 Å². The Hall–Kier alpha value is -0.540. The number of halogens is 1. The Balaban J connectivity index is 1.71. The molecule has 0 aliphatic heterocycles. The highest BCUT2D eigenvalue weighted by Gasteiger charge is 2.22. The summed E-state index contributed by atoms with van der Waals surface area (Å²) in [6.45, 7) is 0.335. The van der Waals surface area contributed by atoms with Gasteiger partial charge in [0.15, 0.2) is 0 Å². The number of rotatable bonds is 6. The summed E-state index contributed by atoms with van der Waals surface area (Å²) in [5, 5.41) is 8.80.